The lowest BCUT2D eigenvalue weighted by Gasteiger charge is -2.04. The Morgan fingerprint density at radius 3 is 2.05 bits per heavy atom. The minimum Gasteiger partial charge on any atom is -0.298 e. The molecule has 0 unspecified atom stereocenters. The number of carbonyl (C=O) groups is 1. The molecule has 0 spiro atoms. The van der Waals surface area contributed by atoms with Gasteiger partial charge in [-0.3, -0.25) is 4.79 Å². The lowest BCUT2D eigenvalue weighted by atomic mass is 10.1. The highest BCUT2D eigenvalue weighted by atomic mass is 32.2. The van der Waals surface area contributed by atoms with Gasteiger partial charge in [-0.05, 0) is 18.2 Å². The van der Waals surface area contributed by atoms with Crippen LogP contribution < -0.4 is 0 Å². The second-order valence-corrected chi connectivity index (χ2v) is 6.82. The fourth-order valence-electron chi connectivity index (χ4n) is 2.48. The third kappa shape index (κ3) is 8.98. The Hall–Kier alpha value is -0.760. The van der Waals surface area contributed by atoms with Crippen molar-refractivity contribution in [2.24, 2.45) is 0 Å². The molecule has 0 saturated carbocycles. The molecule has 1 aromatic carbocycles. The standard InChI is InChI=1S/C19H30OS/c1-2-3-4-5-6-7-8-9-10-13-16-21-19-15-12-11-14-18(19)17-20/h11-12,14-15,17H,2-10,13,16H2,1H3. The molecule has 0 radical (unpaired) electrons. The number of unbranched alkanes of at least 4 members (excludes halogenated alkanes) is 9. The number of aldehydes is 1. The summed E-state index contributed by atoms with van der Waals surface area (Å²) in [7, 11) is 0. The Morgan fingerprint density at radius 2 is 1.43 bits per heavy atom. The average molecular weight is 307 g/mol. The van der Waals surface area contributed by atoms with Gasteiger partial charge in [-0.25, -0.2) is 0 Å². The van der Waals surface area contributed by atoms with Crippen molar-refractivity contribution in [3.05, 3.63) is 29.8 Å². The Balaban J connectivity index is 1.94. The van der Waals surface area contributed by atoms with Gasteiger partial charge in [0.15, 0.2) is 6.29 Å². The number of hydrogen-bond acceptors (Lipinski definition) is 2. The Bertz CT molecular complexity index is 376. The maximum Gasteiger partial charge on any atom is 0.151 e. The van der Waals surface area contributed by atoms with E-state index in [1.807, 2.05) is 36.0 Å². The molecule has 1 rings (SSSR count). The third-order valence-corrected chi connectivity index (χ3v) is 4.98. The topological polar surface area (TPSA) is 17.1 Å². The van der Waals surface area contributed by atoms with Crippen LogP contribution in [0.5, 0.6) is 0 Å². The summed E-state index contributed by atoms with van der Waals surface area (Å²) < 4.78 is 0. The molecule has 1 aromatic rings. The summed E-state index contributed by atoms with van der Waals surface area (Å²) in [6.07, 6.45) is 14.7. The maximum atomic E-state index is 10.9. The zero-order chi connectivity index (χ0) is 15.2. The highest BCUT2D eigenvalue weighted by molar-refractivity contribution is 7.99. The van der Waals surface area contributed by atoms with Crippen LogP contribution in [-0.2, 0) is 0 Å². The number of thioether (sulfide) groups is 1. The zero-order valence-electron chi connectivity index (χ0n) is 13.5. The van der Waals surface area contributed by atoms with Gasteiger partial charge in [-0.1, -0.05) is 82.9 Å². The summed E-state index contributed by atoms with van der Waals surface area (Å²) in [5.74, 6) is 1.13. The molecule has 0 heterocycles. The van der Waals surface area contributed by atoms with E-state index >= 15 is 0 Å². The number of carbonyl (C=O) groups excluding carboxylic acids is 1. The molecule has 0 amide bonds. The van der Waals surface area contributed by atoms with Crippen molar-refractivity contribution < 1.29 is 4.79 Å². The molecule has 0 aromatic heterocycles. The van der Waals surface area contributed by atoms with Gasteiger partial charge in [0.25, 0.3) is 0 Å². The molecule has 0 saturated heterocycles. The first-order chi connectivity index (χ1) is 10.4. The number of hydrogen-bond donors (Lipinski definition) is 0. The van der Waals surface area contributed by atoms with Crippen LogP contribution in [0.3, 0.4) is 0 Å². The van der Waals surface area contributed by atoms with Gasteiger partial charge in [0.1, 0.15) is 0 Å². The van der Waals surface area contributed by atoms with Crippen LogP contribution in [0, 0.1) is 0 Å². The van der Waals surface area contributed by atoms with E-state index in [9.17, 15) is 4.79 Å². The lowest BCUT2D eigenvalue weighted by Crippen LogP contribution is -1.87. The van der Waals surface area contributed by atoms with E-state index in [4.69, 9.17) is 0 Å². The van der Waals surface area contributed by atoms with E-state index in [0.717, 1.165) is 22.5 Å². The van der Waals surface area contributed by atoms with Crippen molar-refractivity contribution in [2.75, 3.05) is 5.75 Å². The van der Waals surface area contributed by atoms with Gasteiger partial charge in [0.05, 0.1) is 0 Å². The molecule has 0 aliphatic carbocycles. The second-order valence-electron chi connectivity index (χ2n) is 5.69. The molecule has 2 heteroatoms. The highest BCUT2D eigenvalue weighted by Crippen LogP contribution is 2.23. The lowest BCUT2D eigenvalue weighted by molar-refractivity contribution is 0.112. The average Bonchev–Trinajstić information content (AvgIpc) is 2.53. The van der Waals surface area contributed by atoms with Crippen molar-refractivity contribution in [3.63, 3.8) is 0 Å². The van der Waals surface area contributed by atoms with Crippen LogP contribution in [0.1, 0.15) is 81.5 Å². The first-order valence-electron chi connectivity index (χ1n) is 8.55. The zero-order valence-corrected chi connectivity index (χ0v) is 14.3. The first kappa shape index (κ1) is 18.3. The fourth-order valence-corrected chi connectivity index (χ4v) is 3.51. The molecule has 21 heavy (non-hydrogen) atoms. The van der Waals surface area contributed by atoms with Gasteiger partial charge in [0.2, 0.25) is 0 Å². The normalized spacial score (nSPS) is 10.7. The molecule has 0 atom stereocenters. The predicted octanol–water partition coefficient (Wildman–Crippen LogP) is 6.51. The molecule has 0 aliphatic rings. The molecule has 118 valence electrons. The Morgan fingerprint density at radius 1 is 0.857 bits per heavy atom. The first-order valence-corrected chi connectivity index (χ1v) is 9.54. The SMILES string of the molecule is CCCCCCCCCCCCSc1ccccc1C=O. The number of rotatable bonds is 13. The quantitative estimate of drug-likeness (QED) is 0.235. The van der Waals surface area contributed by atoms with Gasteiger partial charge in [0, 0.05) is 10.5 Å². The molecular weight excluding hydrogens is 276 g/mol. The molecule has 0 N–H and O–H groups in total. The van der Waals surface area contributed by atoms with Crippen LogP contribution in [-0.4, -0.2) is 12.0 Å². The van der Waals surface area contributed by atoms with Crippen molar-refractivity contribution in [1.29, 1.82) is 0 Å². The second kappa shape index (κ2) is 12.9. The van der Waals surface area contributed by atoms with E-state index in [2.05, 4.69) is 6.92 Å². The Labute approximate surface area is 134 Å². The summed E-state index contributed by atoms with van der Waals surface area (Å²) in [5.41, 5.74) is 0.828. The highest BCUT2D eigenvalue weighted by Gasteiger charge is 2.00. The van der Waals surface area contributed by atoms with Crippen molar-refractivity contribution in [1.82, 2.24) is 0 Å². The van der Waals surface area contributed by atoms with Gasteiger partial charge in [-0.15, -0.1) is 11.8 Å². The minimum atomic E-state index is 0.828. The van der Waals surface area contributed by atoms with Crippen molar-refractivity contribution >= 4 is 18.0 Å². The van der Waals surface area contributed by atoms with Crippen LogP contribution in [0.15, 0.2) is 29.2 Å². The van der Waals surface area contributed by atoms with E-state index in [-0.39, 0.29) is 0 Å². The van der Waals surface area contributed by atoms with E-state index < -0.39 is 0 Å². The van der Waals surface area contributed by atoms with Crippen molar-refractivity contribution in [3.8, 4) is 0 Å². The molecule has 0 bridgehead atoms. The summed E-state index contributed by atoms with van der Waals surface area (Å²) in [5, 5.41) is 0. The molecular formula is C19H30OS. The summed E-state index contributed by atoms with van der Waals surface area (Å²) in [4.78, 5) is 12.0. The van der Waals surface area contributed by atoms with E-state index in [1.54, 1.807) is 0 Å². The monoisotopic (exact) mass is 306 g/mol. The fraction of sp³-hybridized carbons (Fsp3) is 0.632. The van der Waals surface area contributed by atoms with Crippen LogP contribution in [0.2, 0.25) is 0 Å². The summed E-state index contributed by atoms with van der Waals surface area (Å²) in [6.45, 7) is 2.27. The number of benzene rings is 1. The van der Waals surface area contributed by atoms with Crippen molar-refractivity contribution in [2.45, 2.75) is 76.0 Å². The van der Waals surface area contributed by atoms with Crippen LogP contribution >= 0.6 is 11.8 Å². The van der Waals surface area contributed by atoms with E-state index in [0.29, 0.717) is 0 Å². The summed E-state index contributed by atoms with van der Waals surface area (Å²) >= 11 is 1.82. The van der Waals surface area contributed by atoms with Crippen LogP contribution in [0.25, 0.3) is 0 Å². The van der Waals surface area contributed by atoms with Gasteiger partial charge >= 0.3 is 0 Å². The predicted molar refractivity (Wildman–Crippen MR) is 94.4 cm³/mol. The van der Waals surface area contributed by atoms with Gasteiger partial charge in [-0.2, -0.15) is 0 Å². The molecule has 0 aliphatic heterocycles. The smallest absolute Gasteiger partial charge is 0.151 e. The molecule has 1 nitrogen and oxygen atoms in total. The van der Waals surface area contributed by atoms with E-state index in [1.165, 1.54) is 64.2 Å². The van der Waals surface area contributed by atoms with Gasteiger partial charge < -0.3 is 0 Å². The maximum absolute atomic E-state index is 10.9. The summed E-state index contributed by atoms with van der Waals surface area (Å²) in [6, 6.07) is 7.88. The minimum absolute atomic E-state index is 0.828. The largest absolute Gasteiger partial charge is 0.298 e. The van der Waals surface area contributed by atoms with Crippen LogP contribution in [0.4, 0.5) is 0 Å². The Kier molecular flexibility index (Phi) is 11.3. The third-order valence-electron chi connectivity index (χ3n) is 3.80. The molecule has 0 fully saturated rings.